The van der Waals surface area contributed by atoms with Gasteiger partial charge in [-0.05, 0) is 34.9 Å². The van der Waals surface area contributed by atoms with Gasteiger partial charge in [0.2, 0.25) is 0 Å². The Balaban J connectivity index is 2.24. The molecule has 0 amide bonds. The number of carboxylic acid groups (broad SMARTS) is 1. The first kappa shape index (κ1) is 16.6. The van der Waals surface area contributed by atoms with Crippen molar-refractivity contribution in [3.63, 3.8) is 0 Å². The number of benzene rings is 3. The SMILES string of the molecule is COc1cc([C@@H](c2ccccc2)c2ccccc2C(=O)O)ccc1O. The third-order valence-electron chi connectivity index (χ3n) is 4.17. The molecular weight excluding hydrogens is 316 g/mol. The third kappa shape index (κ3) is 3.33. The molecule has 0 aromatic heterocycles. The van der Waals surface area contributed by atoms with E-state index in [1.165, 1.54) is 7.11 Å². The Labute approximate surface area is 146 Å². The molecule has 0 aliphatic rings. The van der Waals surface area contributed by atoms with Crippen LogP contribution in [0.3, 0.4) is 0 Å². The number of rotatable bonds is 5. The minimum absolute atomic E-state index is 0.0459. The molecule has 3 rings (SSSR count). The molecule has 0 saturated carbocycles. The second-order valence-corrected chi connectivity index (χ2v) is 5.67. The number of phenolic OH excluding ortho intramolecular Hbond substituents is 1. The van der Waals surface area contributed by atoms with E-state index in [4.69, 9.17) is 4.74 Å². The van der Waals surface area contributed by atoms with Crippen LogP contribution < -0.4 is 4.74 Å². The van der Waals surface area contributed by atoms with Crippen molar-refractivity contribution in [3.05, 3.63) is 95.1 Å². The average molecular weight is 334 g/mol. The predicted octanol–water partition coefficient (Wildman–Crippen LogP) is 4.28. The highest BCUT2D eigenvalue weighted by atomic mass is 16.5. The molecule has 0 aliphatic heterocycles. The molecule has 0 fully saturated rings. The molecule has 1 atom stereocenters. The fraction of sp³-hybridized carbons (Fsp3) is 0.0952. The van der Waals surface area contributed by atoms with Crippen molar-refractivity contribution in [3.8, 4) is 11.5 Å². The zero-order valence-corrected chi connectivity index (χ0v) is 13.7. The molecule has 0 aliphatic carbocycles. The van der Waals surface area contributed by atoms with E-state index in [9.17, 15) is 15.0 Å². The quantitative estimate of drug-likeness (QED) is 0.684. The van der Waals surface area contributed by atoms with Crippen LogP contribution in [0.5, 0.6) is 11.5 Å². The Bertz CT molecular complexity index is 887. The monoisotopic (exact) mass is 334 g/mol. The zero-order chi connectivity index (χ0) is 17.8. The molecule has 3 aromatic carbocycles. The van der Waals surface area contributed by atoms with Crippen LogP contribution >= 0.6 is 0 Å². The van der Waals surface area contributed by atoms with E-state index in [0.29, 0.717) is 11.3 Å². The Morgan fingerprint density at radius 3 is 2.28 bits per heavy atom. The lowest BCUT2D eigenvalue weighted by atomic mass is 9.82. The highest BCUT2D eigenvalue weighted by Crippen LogP contribution is 2.37. The highest BCUT2D eigenvalue weighted by molar-refractivity contribution is 5.90. The van der Waals surface area contributed by atoms with E-state index in [1.807, 2.05) is 42.5 Å². The Morgan fingerprint density at radius 1 is 0.920 bits per heavy atom. The molecule has 25 heavy (non-hydrogen) atoms. The van der Waals surface area contributed by atoms with E-state index in [1.54, 1.807) is 30.3 Å². The number of phenols is 1. The second-order valence-electron chi connectivity index (χ2n) is 5.67. The van der Waals surface area contributed by atoms with Crippen LogP contribution in [0.1, 0.15) is 33.0 Å². The van der Waals surface area contributed by atoms with Gasteiger partial charge in [0.1, 0.15) is 0 Å². The normalized spacial score (nSPS) is 11.7. The van der Waals surface area contributed by atoms with Gasteiger partial charge < -0.3 is 14.9 Å². The maximum atomic E-state index is 11.7. The molecule has 4 nitrogen and oxygen atoms in total. The maximum absolute atomic E-state index is 11.7. The average Bonchev–Trinajstić information content (AvgIpc) is 2.64. The lowest BCUT2D eigenvalue weighted by Gasteiger charge is -2.21. The van der Waals surface area contributed by atoms with E-state index < -0.39 is 5.97 Å². The van der Waals surface area contributed by atoms with Gasteiger partial charge in [-0.15, -0.1) is 0 Å². The maximum Gasteiger partial charge on any atom is 0.335 e. The van der Waals surface area contributed by atoms with Crippen LogP contribution in [-0.4, -0.2) is 23.3 Å². The largest absolute Gasteiger partial charge is 0.504 e. The van der Waals surface area contributed by atoms with Crippen molar-refractivity contribution in [1.82, 2.24) is 0 Å². The van der Waals surface area contributed by atoms with Crippen molar-refractivity contribution in [1.29, 1.82) is 0 Å². The number of hydrogen-bond donors (Lipinski definition) is 2. The number of aromatic hydroxyl groups is 1. The summed E-state index contributed by atoms with van der Waals surface area (Å²) in [6.45, 7) is 0. The summed E-state index contributed by atoms with van der Waals surface area (Å²) in [7, 11) is 1.49. The van der Waals surface area contributed by atoms with Gasteiger partial charge in [-0.3, -0.25) is 0 Å². The van der Waals surface area contributed by atoms with Crippen LogP contribution in [-0.2, 0) is 0 Å². The number of methoxy groups -OCH3 is 1. The van der Waals surface area contributed by atoms with Crippen molar-refractivity contribution < 1.29 is 19.7 Å². The molecule has 126 valence electrons. The van der Waals surface area contributed by atoms with Crippen LogP contribution in [0.25, 0.3) is 0 Å². The molecule has 0 saturated heterocycles. The Hall–Kier alpha value is -3.27. The fourth-order valence-electron chi connectivity index (χ4n) is 3.01. The van der Waals surface area contributed by atoms with Crippen molar-refractivity contribution in [2.24, 2.45) is 0 Å². The zero-order valence-electron chi connectivity index (χ0n) is 13.7. The summed E-state index contributed by atoms with van der Waals surface area (Å²) >= 11 is 0. The molecule has 4 heteroatoms. The standard InChI is InChI=1S/C21H18O4/c1-25-19-13-15(11-12-18(19)22)20(14-7-3-2-4-8-14)16-9-5-6-10-17(16)21(23)24/h2-13,20,22H,1H3,(H,23,24)/t20-/m1/s1. The molecule has 0 heterocycles. The summed E-state index contributed by atoms with van der Waals surface area (Å²) in [5.41, 5.74) is 2.75. The van der Waals surface area contributed by atoms with Crippen LogP contribution in [0.4, 0.5) is 0 Å². The third-order valence-corrected chi connectivity index (χ3v) is 4.17. The lowest BCUT2D eigenvalue weighted by Crippen LogP contribution is -2.10. The van der Waals surface area contributed by atoms with E-state index in [2.05, 4.69) is 0 Å². The van der Waals surface area contributed by atoms with Crippen LogP contribution in [0.15, 0.2) is 72.8 Å². The summed E-state index contributed by atoms with van der Waals surface area (Å²) in [6.07, 6.45) is 0. The minimum atomic E-state index is -0.970. The molecule has 0 unspecified atom stereocenters. The van der Waals surface area contributed by atoms with Gasteiger partial charge >= 0.3 is 5.97 Å². The van der Waals surface area contributed by atoms with Gasteiger partial charge in [-0.2, -0.15) is 0 Å². The van der Waals surface area contributed by atoms with Gasteiger partial charge in [0.05, 0.1) is 12.7 Å². The first-order chi connectivity index (χ1) is 12.1. The second kappa shape index (κ2) is 7.09. The Kier molecular flexibility index (Phi) is 4.70. The van der Waals surface area contributed by atoms with Crippen molar-refractivity contribution in [2.75, 3.05) is 7.11 Å². The molecule has 2 N–H and O–H groups in total. The van der Waals surface area contributed by atoms with Crippen LogP contribution in [0.2, 0.25) is 0 Å². The van der Waals surface area contributed by atoms with E-state index in [0.717, 1.165) is 11.1 Å². The van der Waals surface area contributed by atoms with Gasteiger partial charge in [-0.1, -0.05) is 54.6 Å². The van der Waals surface area contributed by atoms with Crippen molar-refractivity contribution >= 4 is 5.97 Å². The lowest BCUT2D eigenvalue weighted by molar-refractivity contribution is 0.0695. The topological polar surface area (TPSA) is 66.8 Å². The minimum Gasteiger partial charge on any atom is -0.504 e. The van der Waals surface area contributed by atoms with Gasteiger partial charge in [-0.25, -0.2) is 4.79 Å². The summed E-state index contributed by atoms with van der Waals surface area (Å²) in [5.74, 6) is -0.860. The number of ether oxygens (including phenoxy) is 1. The van der Waals surface area contributed by atoms with Crippen LogP contribution in [0, 0.1) is 0 Å². The van der Waals surface area contributed by atoms with Gasteiger partial charge in [0.25, 0.3) is 0 Å². The molecule has 0 bridgehead atoms. The van der Waals surface area contributed by atoms with Gasteiger partial charge in [0, 0.05) is 5.92 Å². The van der Waals surface area contributed by atoms with Gasteiger partial charge in [0.15, 0.2) is 11.5 Å². The number of hydrogen-bond acceptors (Lipinski definition) is 3. The molecular formula is C21H18O4. The van der Waals surface area contributed by atoms with Crippen molar-refractivity contribution in [2.45, 2.75) is 5.92 Å². The summed E-state index contributed by atoms with van der Waals surface area (Å²) < 4.78 is 5.22. The smallest absolute Gasteiger partial charge is 0.335 e. The van der Waals surface area contributed by atoms with E-state index in [-0.39, 0.29) is 17.2 Å². The summed E-state index contributed by atoms with van der Waals surface area (Å²) in [6, 6.07) is 21.7. The Morgan fingerprint density at radius 2 is 1.60 bits per heavy atom. The predicted molar refractivity (Wildman–Crippen MR) is 95.4 cm³/mol. The first-order valence-electron chi connectivity index (χ1n) is 7.86. The molecule has 3 aromatic rings. The fourth-order valence-corrected chi connectivity index (χ4v) is 3.01. The number of carboxylic acids is 1. The number of aromatic carboxylic acids is 1. The first-order valence-corrected chi connectivity index (χ1v) is 7.86. The summed E-state index contributed by atoms with van der Waals surface area (Å²) in [4.78, 5) is 11.7. The highest BCUT2D eigenvalue weighted by Gasteiger charge is 2.23. The van der Waals surface area contributed by atoms with E-state index >= 15 is 0 Å². The molecule has 0 spiro atoms. The molecule has 0 radical (unpaired) electrons. The number of carbonyl (C=O) groups is 1. The summed E-state index contributed by atoms with van der Waals surface area (Å²) in [5, 5.41) is 19.5.